The summed E-state index contributed by atoms with van der Waals surface area (Å²) in [5.74, 6) is -0.523. The standard InChI is InChI=1S/C11H17N5O2/c12-11(18)9-8-13-4-7-16(9)10(17)2-6-15-5-1-3-14-15/h1,3,5,9,13H,2,4,6-8H2,(H2,12,18). The molecular formula is C11H17N5O2. The van der Waals surface area contributed by atoms with Gasteiger partial charge in [0.25, 0.3) is 0 Å². The number of primary amides is 1. The van der Waals surface area contributed by atoms with Gasteiger partial charge in [0.1, 0.15) is 6.04 Å². The Bertz CT molecular complexity index is 417. The van der Waals surface area contributed by atoms with Crippen LogP contribution in [0.15, 0.2) is 18.5 Å². The maximum absolute atomic E-state index is 12.1. The van der Waals surface area contributed by atoms with Crippen molar-refractivity contribution in [3.63, 3.8) is 0 Å². The highest BCUT2D eigenvalue weighted by Crippen LogP contribution is 2.06. The summed E-state index contributed by atoms with van der Waals surface area (Å²) in [5, 5.41) is 7.09. The van der Waals surface area contributed by atoms with Gasteiger partial charge in [0.05, 0.1) is 0 Å². The van der Waals surface area contributed by atoms with Crippen molar-refractivity contribution in [3.8, 4) is 0 Å². The second kappa shape index (κ2) is 5.63. The first kappa shape index (κ1) is 12.6. The molecule has 1 atom stereocenters. The fourth-order valence-electron chi connectivity index (χ4n) is 2.04. The number of piperazine rings is 1. The Balaban J connectivity index is 1.92. The highest BCUT2D eigenvalue weighted by Gasteiger charge is 2.29. The number of aromatic nitrogens is 2. The number of rotatable bonds is 4. The van der Waals surface area contributed by atoms with Gasteiger partial charge in [-0.05, 0) is 6.07 Å². The molecule has 1 aliphatic heterocycles. The summed E-state index contributed by atoms with van der Waals surface area (Å²) in [6, 6.07) is 1.27. The van der Waals surface area contributed by atoms with Gasteiger partial charge in [-0.1, -0.05) is 0 Å². The molecule has 1 aliphatic rings. The van der Waals surface area contributed by atoms with Crippen LogP contribution >= 0.6 is 0 Å². The first-order chi connectivity index (χ1) is 8.68. The van der Waals surface area contributed by atoms with Gasteiger partial charge in [-0.2, -0.15) is 5.10 Å². The van der Waals surface area contributed by atoms with Crippen LogP contribution in [0.5, 0.6) is 0 Å². The average molecular weight is 251 g/mol. The van der Waals surface area contributed by atoms with Crippen LogP contribution in [0.1, 0.15) is 6.42 Å². The van der Waals surface area contributed by atoms with Crippen LogP contribution in [0.4, 0.5) is 0 Å². The van der Waals surface area contributed by atoms with Gasteiger partial charge in [0, 0.05) is 45.0 Å². The summed E-state index contributed by atoms with van der Waals surface area (Å²) >= 11 is 0. The van der Waals surface area contributed by atoms with E-state index in [1.807, 2.05) is 6.07 Å². The van der Waals surface area contributed by atoms with Crippen molar-refractivity contribution >= 4 is 11.8 Å². The average Bonchev–Trinajstić information content (AvgIpc) is 2.89. The number of carbonyl (C=O) groups is 2. The molecule has 0 aliphatic carbocycles. The van der Waals surface area contributed by atoms with Crippen LogP contribution in [0.3, 0.4) is 0 Å². The van der Waals surface area contributed by atoms with Gasteiger partial charge in [0.2, 0.25) is 11.8 Å². The van der Waals surface area contributed by atoms with E-state index >= 15 is 0 Å². The van der Waals surface area contributed by atoms with E-state index in [-0.39, 0.29) is 5.91 Å². The lowest BCUT2D eigenvalue weighted by Gasteiger charge is -2.34. The van der Waals surface area contributed by atoms with E-state index in [1.54, 1.807) is 22.0 Å². The number of nitrogens with zero attached hydrogens (tertiary/aromatic N) is 3. The molecule has 7 nitrogen and oxygen atoms in total. The van der Waals surface area contributed by atoms with Gasteiger partial charge < -0.3 is 16.0 Å². The van der Waals surface area contributed by atoms with Crippen LogP contribution in [-0.4, -0.2) is 52.2 Å². The molecule has 2 heterocycles. The quantitative estimate of drug-likeness (QED) is 0.685. The number of carbonyl (C=O) groups excluding carboxylic acids is 2. The maximum atomic E-state index is 12.1. The molecule has 1 aromatic heterocycles. The van der Waals surface area contributed by atoms with E-state index < -0.39 is 11.9 Å². The Kier molecular flexibility index (Phi) is 3.93. The van der Waals surface area contributed by atoms with Crippen molar-refractivity contribution in [2.75, 3.05) is 19.6 Å². The first-order valence-corrected chi connectivity index (χ1v) is 5.95. The molecule has 1 unspecified atom stereocenters. The highest BCUT2D eigenvalue weighted by molar-refractivity contribution is 5.87. The SMILES string of the molecule is NC(=O)C1CNCCN1C(=O)CCn1cccn1. The lowest BCUT2D eigenvalue weighted by Crippen LogP contribution is -2.58. The summed E-state index contributed by atoms with van der Waals surface area (Å²) in [6.07, 6.45) is 3.80. The zero-order valence-electron chi connectivity index (χ0n) is 10.1. The van der Waals surface area contributed by atoms with Gasteiger partial charge in [0.15, 0.2) is 0 Å². The smallest absolute Gasteiger partial charge is 0.241 e. The topological polar surface area (TPSA) is 93.3 Å². The molecule has 98 valence electrons. The lowest BCUT2D eigenvalue weighted by molar-refractivity contribution is -0.140. The predicted molar refractivity (Wildman–Crippen MR) is 64.4 cm³/mol. The van der Waals surface area contributed by atoms with Crippen LogP contribution in [0, 0.1) is 0 Å². The van der Waals surface area contributed by atoms with Crippen molar-refractivity contribution in [2.45, 2.75) is 19.0 Å². The third kappa shape index (κ3) is 2.86. The molecule has 0 aromatic carbocycles. The minimum absolute atomic E-state index is 0.0594. The molecule has 1 saturated heterocycles. The Hall–Kier alpha value is -1.89. The molecule has 0 bridgehead atoms. The van der Waals surface area contributed by atoms with Crippen LogP contribution in [0.25, 0.3) is 0 Å². The largest absolute Gasteiger partial charge is 0.368 e. The zero-order chi connectivity index (χ0) is 13.0. The molecule has 0 radical (unpaired) electrons. The third-order valence-electron chi connectivity index (χ3n) is 3.01. The van der Waals surface area contributed by atoms with E-state index in [2.05, 4.69) is 10.4 Å². The van der Waals surface area contributed by atoms with Crippen molar-refractivity contribution in [1.82, 2.24) is 20.0 Å². The Labute approximate surface area is 105 Å². The fourth-order valence-corrected chi connectivity index (χ4v) is 2.04. The van der Waals surface area contributed by atoms with E-state index in [0.717, 1.165) is 0 Å². The molecule has 1 fully saturated rings. The minimum Gasteiger partial charge on any atom is -0.368 e. The summed E-state index contributed by atoms with van der Waals surface area (Å²) in [4.78, 5) is 24.9. The van der Waals surface area contributed by atoms with Crippen LogP contribution in [-0.2, 0) is 16.1 Å². The van der Waals surface area contributed by atoms with Crippen LogP contribution < -0.4 is 11.1 Å². The summed E-state index contributed by atoms with van der Waals surface area (Å²) in [7, 11) is 0. The third-order valence-corrected chi connectivity index (χ3v) is 3.01. The summed E-state index contributed by atoms with van der Waals surface area (Å²) in [6.45, 7) is 2.16. The minimum atomic E-state index is -0.538. The fraction of sp³-hybridized carbons (Fsp3) is 0.545. The molecule has 1 aromatic rings. The van der Waals surface area contributed by atoms with E-state index in [9.17, 15) is 9.59 Å². The molecule has 3 N–H and O–H groups in total. The van der Waals surface area contributed by atoms with Crippen molar-refractivity contribution in [3.05, 3.63) is 18.5 Å². The predicted octanol–water partition coefficient (Wildman–Crippen LogP) is -1.44. The van der Waals surface area contributed by atoms with Crippen molar-refractivity contribution in [2.24, 2.45) is 5.73 Å². The molecule has 2 rings (SSSR count). The second-order valence-corrected chi connectivity index (χ2v) is 4.23. The monoisotopic (exact) mass is 251 g/mol. The molecule has 18 heavy (non-hydrogen) atoms. The van der Waals surface area contributed by atoms with Crippen LogP contribution in [0.2, 0.25) is 0 Å². The van der Waals surface area contributed by atoms with Gasteiger partial charge >= 0.3 is 0 Å². The maximum Gasteiger partial charge on any atom is 0.241 e. The van der Waals surface area contributed by atoms with Crippen molar-refractivity contribution < 1.29 is 9.59 Å². The molecule has 7 heteroatoms. The Morgan fingerprint density at radius 3 is 3.00 bits per heavy atom. The number of hydrogen-bond acceptors (Lipinski definition) is 4. The van der Waals surface area contributed by atoms with E-state index in [1.165, 1.54) is 0 Å². The Morgan fingerprint density at radius 1 is 1.50 bits per heavy atom. The first-order valence-electron chi connectivity index (χ1n) is 5.95. The van der Waals surface area contributed by atoms with Gasteiger partial charge in [-0.25, -0.2) is 0 Å². The molecule has 0 spiro atoms. The molecule has 0 saturated carbocycles. The van der Waals surface area contributed by atoms with Gasteiger partial charge in [-0.3, -0.25) is 14.3 Å². The lowest BCUT2D eigenvalue weighted by atomic mass is 10.1. The van der Waals surface area contributed by atoms with Gasteiger partial charge in [-0.15, -0.1) is 0 Å². The zero-order valence-corrected chi connectivity index (χ0v) is 10.1. The summed E-state index contributed by atoms with van der Waals surface area (Å²) in [5.41, 5.74) is 5.30. The number of hydrogen-bond donors (Lipinski definition) is 2. The highest BCUT2D eigenvalue weighted by atomic mass is 16.2. The number of aryl methyl sites for hydroxylation is 1. The second-order valence-electron chi connectivity index (χ2n) is 4.23. The van der Waals surface area contributed by atoms with E-state index in [0.29, 0.717) is 32.6 Å². The number of nitrogens with one attached hydrogen (secondary N) is 1. The van der Waals surface area contributed by atoms with Crippen molar-refractivity contribution in [1.29, 1.82) is 0 Å². The molecular weight excluding hydrogens is 234 g/mol. The number of nitrogens with two attached hydrogens (primary N) is 1. The molecule has 2 amide bonds. The summed E-state index contributed by atoms with van der Waals surface area (Å²) < 4.78 is 1.69. The number of amides is 2. The Morgan fingerprint density at radius 2 is 2.33 bits per heavy atom. The normalized spacial score (nSPS) is 19.8. The van der Waals surface area contributed by atoms with E-state index in [4.69, 9.17) is 5.73 Å².